The second kappa shape index (κ2) is 8.00. The minimum absolute atomic E-state index is 0.0102. The van der Waals surface area contributed by atoms with Crippen LogP contribution in [0, 0.1) is 0 Å². The molecule has 1 saturated carbocycles. The summed E-state index contributed by atoms with van der Waals surface area (Å²) in [6.07, 6.45) is 3.05. The summed E-state index contributed by atoms with van der Waals surface area (Å²) < 4.78 is 7.16. The molecule has 146 valence electrons. The van der Waals surface area contributed by atoms with Gasteiger partial charge in [0, 0.05) is 55.5 Å². The number of pyridine rings is 1. The first-order valence-electron chi connectivity index (χ1n) is 9.41. The van der Waals surface area contributed by atoms with Gasteiger partial charge in [0.1, 0.15) is 0 Å². The highest BCUT2D eigenvalue weighted by atomic mass is 16.5. The minimum Gasteiger partial charge on any atom is -0.399 e. The van der Waals surface area contributed by atoms with Crippen LogP contribution in [-0.4, -0.2) is 35.8 Å². The maximum atomic E-state index is 12.4. The number of nitrogens with one attached hydrogen (secondary N) is 2. The summed E-state index contributed by atoms with van der Waals surface area (Å²) in [6.45, 7) is 1.84. The van der Waals surface area contributed by atoms with Crippen LogP contribution in [0.4, 0.5) is 11.4 Å². The van der Waals surface area contributed by atoms with Gasteiger partial charge >= 0.3 is 0 Å². The Hall–Kier alpha value is -2.54. The molecule has 0 saturated heterocycles. The highest BCUT2D eigenvalue weighted by molar-refractivity contribution is 5.93. The number of anilines is 2. The third-order valence-corrected chi connectivity index (χ3v) is 5.41. The summed E-state index contributed by atoms with van der Waals surface area (Å²) >= 11 is 0. The first kappa shape index (κ1) is 19.2. The number of carbonyl (C=O) groups is 1. The number of hydrogen-bond acceptors (Lipinski definition) is 5. The Labute approximate surface area is 158 Å². The number of benzene rings is 1. The lowest BCUT2D eigenvalue weighted by molar-refractivity contribution is -0.122. The topological polar surface area (TPSA) is 98.4 Å². The quantitative estimate of drug-likeness (QED) is 0.697. The number of carbonyl (C=O) groups excluding carboxylic acids is 1. The second-order valence-electron chi connectivity index (χ2n) is 7.18. The van der Waals surface area contributed by atoms with Gasteiger partial charge in [0.25, 0.3) is 5.56 Å². The van der Waals surface area contributed by atoms with Gasteiger partial charge in [0.05, 0.1) is 11.6 Å². The van der Waals surface area contributed by atoms with Crippen LogP contribution < -0.4 is 21.9 Å². The molecule has 0 bridgehead atoms. The monoisotopic (exact) mass is 372 g/mol. The van der Waals surface area contributed by atoms with Gasteiger partial charge in [-0.3, -0.25) is 9.59 Å². The highest BCUT2D eigenvalue weighted by Gasteiger charge is 2.31. The van der Waals surface area contributed by atoms with Crippen LogP contribution in [0.25, 0.3) is 10.9 Å². The number of rotatable bonds is 5. The van der Waals surface area contributed by atoms with Crippen LogP contribution >= 0.6 is 0 Å². The van der Waals surface area contributed by atoms with Gasteiger partial charge in [-0.05, 0) is 37.5 Å². The van der Waals surface area contributed by atoms with Crippen LogP contribution in [0.15, 0.2) is 29.1 Å². The lowest BCUT2D eigenvalue weighted by Crippen LogP contribution is -2.51. The Balaban J connectivity index is 1.97. The minimum atomic E-state index is -0.0944. The van der Waals surface area contributed by atoms with E-state index in [1.54, 1.807) is 30.9 Å². The summed E-state index contributed by atoms with van der Waals surface area (Å²) in [7, 11) is 3.46. The Morgan fingerprint density at radius 2 is 2.07 bits per heavy atom. The molecule has 7 nitrogen and oxygen atoms in total. The van der Waals surface area contributed by atoms with E-state index in [4.69, 9.17) is 10.5 Å². The average molecular weight is 372 g/mol. The van der Waals surface area contributed by atoms with Crippen molar-refractivity contribution in [2.45, 2.75) is 50.8 Å². The molecule has 3 rings (SSSR count). The third kappa shape index (κ3) is 4.08. The predicted octanol–water partition coefficient (Wildman–Crippen LogP) is 1.99. The number of nitrogen functional groups attached to an aromatic ring is 1. The van der Waals surface area contributed by atoms with Crippen molar-refractivity contribution in [1.29, 1.82) is 0 Å². The van der Waals surface area contributed by atoms with E-state index in [2.05, 4.69) is 10.6 Å². The number of aromatic nitrogens is 1. The zero-order valence-corrected chi connectivity index (χ0v) is 16.1. The third-order valence-electron chi connectivity index (χ3n) is 5.41. The van der Waals surface area contributed by atoms with Gasteiger partial charge in [-0.1, -0.05) is 6.92 Å². The lowest BCUT2D eigenvalue weighted by Gasteiger charge is -2.37. The maximum Gasteiger partial charge on any atom is 0.252 e. The number of ether oxygens (including phenoxy) is 1. The van der Waals surface area contributed by atoms with Crippen molar-refractivity contribution in [1.82, 2.24) is 9.88 Å². The van der Waals surface area contributed by atoms with E-state index in [1.165, 1.54) is 0 Å². The van der Waals surface area contributed by atoms with E-state index in [0.29, 0.717) is 12.1 Å². The van der Waals surface area contributed by atoms with Crippen molar-refractivity contribution in [3.63, 3.8) is 0 Å². The van der Waals surface area contributed by atoms with Crippen molar-refractivity contribution in [2.75, 3.05) is 18.2 Å². The Kier molecular flexibility index (Phi) is 5.70. The first-order chi connectivity index (χ1) is 12.9. The van der Waals surface area contributed by atoms with Gasteiger partial charge < -0.3 is 25.7 Å². The fraction of sp³-hybridized carbons (Fsp3) is 0.500. The zero-order chi connectivity index (χ0) is 19.6. The molecule has 1 aromatic heterocycles. The molecule has 1 amide bonds. The van der Waals surface area contributed by atoms with Crippen LogP contribution in [0.3, 0.4) is 0 Å². The first-order valence-corrected chi connectivity index (χ1v) is 9.41. The molecule has 7 heteroatoms. The van der Waals surface area contributed by atoms with Crippen LogP contribution in [0.5, 0.6) is 0 Å². The van der Waals surface area contributed by atoms with E-state index in [1.807, 2.05) is 19.1 Å². The number of nitrogens with two attached hydrogens (primary N) is 1. The normalized spacial score (nSPS) is 22.6. The van der Waals surface area contributed by atoms with E-state index >= 15 is 0 Å². The fourth-order valence-electron chi connectivity index (χ4n) is 3.78. The number of fused-ring (bicyclic) bond motifs is 1. The van der Waals surface area contributed by atoms with Crippen molar-refractivity contribution >= 4 is 28.2 Å². The molecule has 27 heavy (non-hydrogen) atoms. The van der Waals surface area contributed by atoms with Gasteiger partial charge in [0.15, 0.2) is 0 Å². The van der Waals surface area contributed by atoms with Crippen LogP contribution in [0.2, 0.25) is 0 Å². The molecule has 1 fully saturated rings. The molecular weight excluding hydrogens is 344 g/mol. The molecule has 1 aromatic carbocycles. The molecule has 0 radical (unpaired) electrons. The summed E-state index contributed by atoms with van der Waals surface area (Å²) in [4.78, 5) is 24.3. The van der Waals surface area contributed by atoms with E-state index in [9.17, 15) is 9.59 Å². The SMILES string of the molecule is CCC(=O)N[C@@H]1CC[C@@H](OC)C[C@H]1Nc1cc(=O)n(C)c2ccc(N)cc12. The summed E-state index contributed by atoms with van der Waals surface area (Å²) in [5.41, 5.74) is 8.07. The second-order valence-corrected chi connectivity index (χ2v) is 7.18. The Morgan fingerprint density at radius 1 is 1.30 bits per heavy atom. The molecule has 1 aliphatic rings. The molecular formula is C20H28N4O3. The van der Waals surface area contributed by atoms with Crippen LogP contribution in [0.1, 0.15) is 32.6 Å². The van der Waals surface area contributed by atoms with Crippen molar-refractivity contribution in [3.05, 3.63) is 34.6 Å². The molecule has 2 aromatic rings. The van der Waals surface area contributed by atoms with Gasteiger partial charge in [-0.25, -0.2) is 0 Å². The predicted molar refractivity (Wildman–Crippen MR) is 108 cm³/mol. The molecule has 1 heterocycles. The number of nitrogens with zero attached hydrogens (tertiary/aromatic N) is 1. The van der Waals surface area contributed by atoms with E-state index in [0.717, 1.165) is 35.9 Å². The maximum absolute atomic E-state index is 12.4. The number of aryl methyl sites for hydroxylation is 1. The number of hydrogen-bond donors (Lipinski definition) is 3. The molecule has 1 aliphatic carbocycles. The largest absolute Gasteiger partial charge is 0.399 e. The molecule has 3 atom stereocenters. The summed E-state index contributed by atoms with van der Waals surface area (Å²) in [5.74, 6) is 0.0285. The Morgan fingerprint density at radius 3 is 2.78 bits per heavy atom. The molecule has 0 aliphatic heterocycles. The fourth-order valence-corrected chi connectivity index (χ4v) is 3.78. The summed E-state index contributed by atoms with van der Waals surface area (Å²) in [5, 5.41) is 7.49. The van der Waals surface area contributed by atoms with Gasteiger partial charge in [0.2, 0.25) is 5.91 Å². The number of amides is 1. The van der Waals surface area contributed by atoms with Crippen LogP contribution in [-0.2, 0) is 16.6 Å². The van der Waals surface area contributed by atoms with Crippen molar-refractivity contribution in [3.8, 4) is 0 Å². The van der Waals surface area contributed by atoms with Crippen molar-refractivity contribution in [2.24, 2.45) is 7.05 Å². The van der Waals surface area contributed by atoms with E-state index < -0.39 is 0 Å². The highest BCUT2D eigenvalue weighted by Crippen LogP contribution is 2.29. The average Bonchev–Trinajstić information content (AvgIpc) is 2.66. The van der Waals surface area contributed by atoms with E-state index in [-0.39, 0.29) is 29.7 Å². The lowest BCUT2D eigenvalue weighted by atomic mass is 9.87. The summed E-state index contributed by atoms with van der Waals surface area (Å²) in [6, 6.07) is 7.06. The standard InChI is InChI=1S/C20H28N4O3/c1-4-19(25)23-15-7-6-13(27-3)10-17(15)22-16-11-20(26)24(2)18-8-5-12(21)9-14(16)18/h5,8-9,11,13,15,17,22H,4,6-7,10,21H2,1-3H3,(H,23,25)/t13-,15-,17-/m1/s1. The zero-order valence-electron chi connectivity index (χ0n) is 16.1. The number of methoxy groups -OCH3 is 1. The molecule has 0 spiro atoms. The van der Waals surface area contributed by atoms with Gasteiger partial charge in [-0.15, -0.1) is 0 Å². The molecule has 4 N–H and O–H groups in total. The Bertz CT molecular complexity index is 893. The van der Waals surface area contributed by atoms with Gasteiger partial charge in [-0.2, -0.15) is 0 Å². The van der Waals surface area contributed by atoms with Crippen molar-refractivity contribution < 1.29 is 9.53 Å². The molecule has 0 unspecified atom stereocenters. The smallest absolute Gasteiger partial charge is 0.252 e.